The number of aliphatic carboxylic acids is 1. The van der Waals surface area contributed by atoms with Gasteiger partial charge in [-0.15, -0.1) is 0 Å². The largest absolute Gasteiger partial charge is 0.475 e. The van der Waals surface area contributed by atoms with Crippen LogP contribution in [0.2, 0.25) is 0 Å². The maximum absolute atomic E-state index is 13.0. The Morgan fingerprint density at radius 1 is 0.562 bits per heavy atom. The highest BCUT2D eigenvalue weighted by molar-refractivity contribution is 5.80. The van der Waals surface area contributed by atoms with E-state index in [0.717, 1.165) is 0 Å². The standard InChI is InChI=1S/C27H22O5/c28-25(29)27(31-23-17-9-3-10-18-23,32-24-19-11-4-12-20-24)26(30,21-13-5-1-6-14-21)22-15-7-2-8-16-22/h1-20,30H,(H,28,29). The first-order valence-electron chi connectivity index (χ1n) is 10.1. The molecule has 0 radical (unpaired) electrons. The van der Waals surface area contributed by atoms with Crippen LogP contribution in [-0.4, -0.2) is 22.0 Å². The summed E-state index contributed by atoms with van der Waals surface area (Å²) in [7, 11) is 0. The smallest absolute Gasteiger partial charge is 0.394 e. The SMILES string of the molecule is O=C(O)C(Oc1ccccc1)(Oc1ccccc1)C(O)(c1ccccc1)c1ccccc1. The summed E-state index contributed by atoms with van der Waals surface area (Å²) >= 11 is 0. The summed E-state index contributed by atoms with van der Waals surface area (Å²) in [6, 6.07) is 33.9. The zero-order valence-corrected chi connectivity index (χ0v) is 17.2. The lowest BCUT2D eigenvalue weighted by Gasteiger charge is -2.43. The molecule has 4 aromatic rings. The zero-order chi connectivity index (χ0) is 22.4. The molecule has 0 spiro atoms. The predicted molar refractivity (Wildman–Crippen MR) is 120 cm³/mol. The Balaban J connectivity index is 2.01. The molecule has 4 aromatic carbocycles. The van der Waals surface area contributed by atoms with Gasteiger partial charge >= 0.3 is 11.8 Å². The average Bonchev–Trinajstić information content (AvgIpc) is 2.85. The molecule has 0 saturated carbocycles. The second-order valence-corrected chi connectivity index (χ2v) is 7.19. The second kappa shape index (κ2) is 8.96. The van der Waals surface area contributed by atoms with Gasteiger partial charge in [-0.3, -0.25) is 0 Å². The van der Waals surface area contributed by atoms with Crippen LogP contribution in [0.15, 0.2) is 121 Å². The molecule has 0 bridgehead atoms. The van der Waals surface area contributed by atoms with Crippen molar-refractivity contribution in [2.24, 2.45) is 0 Å². The molecular weight excluding hydrogens is 404 g/mol. The molecule has 160 valence electrons. The van der Waals surface area contributed by atoms with Gasteiger partial charge in [0.2, 0.25) is 5.60 Å². The lowest BCUT2D eigenvalue weighted by atomic mass is 9.78. The molecule has 0 aliphatic rings. The molecule has 32 heavy (non-hydrogen) atoms. The van der Waals surface area contributed by atoms with E-state index in [1.165, 1.54) is 0 Å². The molecule has 0 amide bonds. The number of carbonyl (C=O) groups is 1. The Bertz CT molecular complexity index is 1060. The summed E-state index contributed by atoms with van der Waals surface area (Å²) in [6.45, 7) is 0. The van der Waals surface area contributed by atoms with E-state index in [-0.39, 0.29) is 11.5 Å². The van der Waals surface area contributed by atoms with E-state index >= 15 is 0 Å². The number of hydrogen-bond acceptors (Lipinski definition) is 4. The minimum Gasteiger partial charge on any atom is -0.475 e. The molecule has 0 aliphatic carbocycles. The van der Waals surface area contributed by atoms with Crippen molar-refractivity contribution >= 4 is 5.97 Å². The van der Waals surface area contributed by atoms with E-state index in [9.17, 15) is 15.0 Å². The van der Waals surface area contributed by atoms with Gasteiger partial charge in [0.05, 0.1) is 0 Å². The van der Waals surface area contributed by atoms with E-state index in [4.69, 9.17) is 9.47 Å². The molecule has 0 unspecified atom stereocenters. The van der Waals surface area contributed by atoms with Crippen molar-refractivity contribution in [3.63, 3.8) is 0 Å². The van der Waals surface area contributed by atoms with Crippen LogP contribution in [0, 0.1) is 0 Å². The highest BCUT2D eigenvalue weighted by Crippen LogP contribution is 2.44. The van der Waals surface area contributed by atoms with E-state index in [1.54, 1.807) is 121 Å². The summed E-state index contributed by atoms with van der Waals surface area (Å²) in [5.74, 6) is -3.58. The first kappa shape index (κ1) is 21.2. The van der Waals surface area contributed by atoms with E-state index in [0.29, 0.717) is 11.1 Å². The van der Waals surface area contributed by atoms with Crippen LogP contribution in [0.4, 0.5) is 0 Å². The molecule has 5 nitrogen and oxygen atoms in total. The van der Waals surface area contributed by atoms with Crippen LogP contribution in [0.25, 0.3) is 0 Å². The predicted octanol–water partition coefficient (Wildman–Crippen LogP) is 4.86. The van der Waals surface area contributed by atoms with Crippen LogP contribution >= 0.6 is 0 Å². The summed E-state index contributed by atoms with van der Waals surface area (Å²) < 4.78 is 12.1. The van der Waals surface area contributed by atoms with Gasteiger partial charge in [-0.25, -0.2) is 4.79 Å². The fourth-order valence-electron chi connectivity index (χ4n) is 3.63. The Hall–Kier alpha value is -4.09. The number of para-hydroxylation sites is 2. The van der Waals surface area contributed by atoms with E-state index < -0.39 is 17.4 Å². The highest BCUT2D eigenvalue weighted by atomic mass is 16.7. The maximum Gasteiger partial charge on any atom is 0.394 e. The van der Waals surface area contributed by atoms with E-state index in [1.807, 2.05) is 0 Å². The number of carboxylic acids is 1. The molecule has 0 atom stereocenters. The summed E-state index contributed by atoms with van der Waals surface area (Å²) in [5.41, 5.74) is -1.60. The average molecular weight is 426 g/mol. The number of rotatable bonds is 8. The summed E-state index contributed by atoms with van der Waals surface area (Å²) in [6.07, 6.45) is 0. The van der Waals surface area contributed by atoms with Crippen LogP contribution < -0.4 is 9.47 Å². The van der Waals surface area contributed by atoms with Gasteiger partial charge in [0.25, 0.3) is 0 Å². The van der Waals surface area contributed by atoms with Gasteiger partial charge in [-0.05, 0) is 35.4 Å². The number of ether oxygens (including phenoxy) is 2. The third-order valence-electron chi connectivity index (χ3n) is 5.15. The zero-order valence-electron chi connectivity index (χ0n) is 17.2. The minimum absolute atomic E-state index is 0.233. The van der Waals surface area contributed by atoms with Crippen molar-refractivity contribution in [2.75, 3.05) is 0 Å². The summed E-state index contributed by atoms with van der Waals surface area (Å²) in [5, 5.41) is 22.9. The first-order valence-corrected chi connectivity index (χ1v) is 10.1. The van der Waals surface area contributed by atoms with Crippen molar-refractivity contribution in [1.29, 1.82) is 0 Å². The van der Waals surface area contributed by atoms with Crippen molar-refractivity contribution < 1.29 is 24.5 Å². The Kier molecular flexibility index (Phi) is 5.92. The highest BCUT2D eigenvalue weighted by Gasteiger charge is 2.64. The quantitative estimate of drug-likeness (QED) is 0.394. The Morgan fingerprint density at radius 3 is 1.19 bits per heavy atom. The lowest BCUT2D eigenvalue weighted by Crippen LogP contribution is -2.65. The molecule has 0 heterocycles. The van der Waals surface area contributed by atoms with Gasteiger partial charge < -0.3 is 19.7 Å². The van der Waals surface area contributed by atoms with Gasteiger partial charge in [-0.2, -0.15) is 0 Å². The van der Waals surface area contributed by atoms with Gasteiger partial charge in [0.1, 0.15) is 11.5 Å². The topological polar surface area (TPSA) is 76.0 Å². The first-order chi connectivity index (χ1) is 15.6. The van der Waals surface area contributed by atoms with Crippen LogP contribution in [0.3, 0.4) is 0 Å². The molecule has 4 rings (SSSR count). The summed E-state index contributed by atoms with van der Waals surface area (Å²) in [4.78, 5) is 13.0. The molecule has 0 aromatic heterocycles. The molecule has 0 fully saturated rings. The minimum atomic E-state index is -2.56. The molecule has 2 N–H and O–H groups in total. The number of hydrogen-bond donors (Lipinski definition) is 2. The number of carboxylic acid groups (broad SMARTS) is 1. The lowest BCUT2D eigenvalue weighted by molar-refractivity contribution is -0.239. The van der Waals surface area contributed by atoms with Crippen molar-refractivity contribution in [3.05, 3.63) is 132 Å². The molecule has 0 saturated heterocycles. The van der Waals surface area contributed by atoms with E-state index in [2.05, 4.69) is 0 Å². The van der Waals surface area contributed by atoms with Crippen molar-refractivity contribution in [3.8, 4) is 11.5 Å². The van der Waals surface area contributed by atoms with Gasteiger partial charge in [0.15, 0.2) is 0 Å². The Morgan fingerprint density at radius 2 is 0.875 bits per heavy atom. The normalized spacial score (nSPS) is 11.5. The molecule has 0 aliphatic heterocycles. The third-order valence-corrected chi connectivity index (χ3v) is 5.15. The van der Waals surface area contributed by atoms with Crippen LogP contribution in [0.1, 0.15) is 11.1 Å². The third kappa shape index (κ3) is 3.82. The van der Waals surface area contributed by atoms with Crippen molar-refractivity contribution in [1.82, 2.24) is 0 Å². The van der Waals surface area contributed by atoms with Crippen LogP contribution in [0.5, 0.6) is 11.5 Å². The number of aliphatic hydroxyl groups is 1. The van der Waals surface area contributed by atoms with Crippen molar-refractivity contribution in [2.45, 2.75) is 11.4 Å². The maximum atomic E-state index is 13.0. The fraction of sp³-hybridized carbons (Fsp3) is 0.0741. The molecular formula is C27H22O5. The van der Waals surface area contributed by atoms with Crippen LogP contribution in [-0.2, 0) is 10.4 Å². The second-order valence-electron chi connectivity index (χ2n) is 7.19. The molecule has 5 heteroatoms. The monoisotopic (exact) mass is 426 g/mol. The fourth-order valence-corrected chi connectivity index (χ4v) is 3.63. The Labute approximate surface area is 186 Å². The number of benzene rings is 4. The van der Waals surface area contributed by atoms with Gasteiger partial charge in [0, 0.05) is 0 Å². The van der Waals surface area contributed by atoms with Gasteiger partial charge in [-0.1, -0.05) is 97.1 Å².